The molecule has 0 saturated carbocycles. The lowest BCUT2D eigenvalue weighted by Gasteiger charge is -2.35. The van der Waals surface area contributed by atoms with Crippen LogP contribution in [0.2, 0.25) is 10.0 Å². The average molecular weight is 484 g/mol. The second-order valence-corrected chi connectivity index (χ2v) is 9.74. The van der Waals surface area contributed by atoms with E-state index in [1.807, 2.05) is 0 Å². The summed E-state index contributed by atoms with van der Waals surface area (Å²) in [5.41, 5.74) is 5.46. The number of benzene rings is 2. The third-order valence-corrected chi connectivity index (χ3v) is 6.61. The molecule has 3 aromatic rings. The molecule has 2 N–H and O–H groups in total. The Morgan fingerprint density at radius 2 is 1.97 bits per heavy atom. The van der Waals surface area contributed by atoms with E-state index in [0.717, 1.165) is 18.8 Å². The summed E-state index contributed by atoms with van der Waals surface area (Å²) in [5.74, 6) is 0.248. The fourth-order valence-corrected chi connectivity index (χ4v) is 5.29. The molecule has 2 aliphatic rings. The summed E-state index contributed by atoms with van der Waals surface area (Å²) in [4.78, 5) is 23.2. The number of halogens is 2. The molecule has 0 unspecified atom stereocenters. The molecule has 0 bridgehead atoms. The molecule has 3 heterocycles. The van der Waals surface area contributed by atoms with Gasteiger partial charge in [-0.25, -0.2) is 4.98 Å². The molecule has 0 saturated heterocycles. The predicted octanol–water partition coefficient (Wildman–Crippen LogP) is 5.21. The number of amides is 1. The van der Waals surface area contributed by atoms with Crippen LogP contribution in [0, 0.1) is 6.92 Å². The minimum Gasteiger partial charge on any atom is -0.455 e. The number of nitrogens with one attached hydrogen (secondary N) is 2. The number of aryl methyl sites for hydroxylation is 1. The van der Waals surface area contributed by atoms with E-state index in [-0.39, 0.29) is 29.5 Å². The highest BCUT2D eigenvalue weighted by Crippen LogP contribution is 2.38. The lowest BCUT2D eigenvalue weighted by atomic mass is 9.76. The Kier molecular flexibility index (Phi) is 5.43. The number of hydrogen-bond donors (Lipinski definition) is 2. The number of fused-ring (bicyclic) bond motifs is 2. The molecular formula is C24H23Cl2N5O2. The SMILES string of the molecule is Cc1cc(Nc2ncc3c(n2)OCN(c2c(Cl)cccc2Cl)C3=O)cc2c1C(C)(C)CNC2. The molecule has 9 heteroatoms. The second-order valence-electron chi connectivity index (χ2n) is 8.93. The highest BCUT2D eigenvalue weighted by Gasteiger charge is 2.32. The number of aromatic nitrogens is 2. The lowest BCUT2D eigenvalue weighted by Crippen LogP contribution is -2.39. The summed E-state index contributed by atoms with van der Waals surface area (Å²) < 4.78 is 5.78. The standard InChI is InChI=1S/C24H23Cl2N5O2/c1-13-7-15(8-14-9-27-11-24(2,3)19(13)14)29-23-28-10-16-21(30-23)33-12-31(22(16)32)20-17(25)5-4-6-18(20)26/h4-8,10,27H,9,11-12H2,1-3H3,(H,28,29,30). The second kappa shape index (κ2) is 8.17. The van der Waals surface area contributed by atoms with Gasteiger partial charge in [0.05, 0.1) is 15.7 Å². The van der Waals surface area contributed by atoms with E-state index in [1.165, 1.54) is 27.8 Å². The largest absolute Gasteiger partial charge is 0.455 e. The number of anilines is 3. The number of ether oxygens (including phenoxy) is 1. The molecule has 2 aliphatic heterocycles. The van der Waals surface area contributed by atoms with Crippen molar-refractivity contribution in [3.63, 3.8) is 0 Å². The third-order valence-electron chi connectivity index (χ3n) is 6.00. The van der Waals surface area contributed by atoms with Crippen LogP contribution < -0.4 is 20.3 Å². The first-order chi connectivity index (χ1) is 15.7. The van der Waals surface area contributed by atoms with E-state index in [4.69, 9.17) is 27.9 Å². The Balaban J connectivity index is 1.42. The smallest absolute Gasteiger partial charge is 0.268 e. The topological polar surface area (TPSA) is 79.4 Å². The summed E-state index contributed by atoms with van der Waals surface area (Å²) in [6.07, 6.45) is 1.46. The number of nitrogens with zero attached hydrogens (tertiary/aromatic N) is 3. The average Bonchev–Trinajstić information content (AvgIpc) is 2.74. The van der Waals surface area contributed by atoms with Crippen LogP contribution >= 0.6 is 23.2 Å². The molecule has 2 aromatic carbocycles. The van der Waals surface area contributed by atoms with Gasteiger partial charge in [0.15, 0.2) is 6.73 Å². The zero-order valence-electron chi connectivity index (χ0n) is 18.5. The zero-order chi connectivity index (χ0) is 23.3. The van der Waals surface area contributed by atoms with Gasteiger partial charge in [0.1, 0.15) is 5.56 Å². The Labute approximate surface area is 202 Å². The van der Waals surface area contributed by atoms with Crippen molar-refractivity contribution in [2.24, 2.45) is 0 Å². The van der Waals surface area contributed by atoms with Gasteiger partial charge >= 0.3 is 0 Å². The van der Waals surface area contributed by atoms with Crippen molar-refractivity contribution in [3.8, 4) is 5.88 Å². The highest BCUT2D eigenvalue weighted by molar-refractivity contribution is 6.40. The van der Waals surface area contributed by atoms with Crippen molar-refractivity contribution >= 4 is 46.4 Å². The Morgan fingerprint density at radius 1 is 1.21 bits per heavy atom. The van der Waals surface area contributed by atoms with Crippen LogP contribution in [-0.2, 0) is 12.0 Å². The van der Waals surface area contributed by atoms with E-state index in [2.05, 4.69) is 53.5 Å². The first-order valence-electron chi connectivity index (χ1n) is 10.6. The molecule has 1 amide bonds. The van der Waals surface area contributed by atoms with Crippen molar-refractivity contribution in [1.29, 1.82) is 0 Å². The van der Waals surface area contributed by atoms with Crippen molar-refractivity contribution in [2.75, 3.05) is 23.5 Å². The van der Waals surface area contributed by atoms with Crippen LogP contribution in [0.5, 0.6) is 5.88 Å². The predicted molar refractivity (Wildman–Crippen MR) is 130 cm³/mol. The molecule has 0 spiro atoms. The number of hydrogen-bond acceptors (Lipinski definition) is 6. The fourth-order valence-electron chi connectivity index (χ4n) is 4.69. The van der Waals surface area contributed by atoms with Crippen molar-refractivity contribution in [1.82, 2.24) is 15.3 Å². The molecular weight excluding hydrogens is 461 g/mol. The first kappa shape index (κ1) is 21.9. The molecule has 0 radical (unpaired) electrons. The van der Waals surface area contributed by atoms with Crippen LogP contribution in [0.4, 0.5) is 17.3 Å². The maximum absolute atomic E-state index is 13.1. The van der Waals surface area contributed by atoms with Gasteiger partial charge in [-0.2, -0.15) is 4.98 Å². The normalized spacial score (nSPS) is 16.6. The van der Waals surface area contributed by atoms with Gasteiger partial charge in [-0.3, -0.25) is 9.69 Å². The number of para-hydroxylation sites is 1. The number of carbonyl (C=O) groups is 1. The van der Waals surface area contributed by atoms with Gasteiger partial charge < -0.3 is 15.4 Å². The van der Waals surface area contributed by atoms with Crippen molar-refractivity contribution in [2.45, 2.75) is 32.7 Å². The maximum atomic E-state index is 13.1. The Bertz CT molecular complexity index is 1260. The molecule has 33 heavy (non-hydrogen) atoms. The lowest BCUT2D eigenvalue weighted by molar-refractivity contribution is 0.0932. The van der Waals surface area contributed by atoms with Crippen LogP contribution in [0.15, 0.2) is 36.5 Å². The van der Waals surface area contributed by atoms with Gasteiger partial charge in [-0.05, 0) is 47.9 Å². The van der Waals surface area contributed by atoms with E-state index >= 15 is 0 Å². The van der Waals surface area contributed by atoms with E-state index < -0.39 is 0 Å². The maximum Gasteiger partial charge on any atom is 0.268 e. The molecule has 5 rings (SSSR count). The molecule has 0 aliphatic carbocycles. The molecule has 170 valence electrons. The molecule has 1 aromatic heterocycles. The molecule has 7 nitrogen and oxygen atoms in total. The Morgan fingerprint density at radius 3 is 2.73 bits per heavy atom. The monoisotopic (exact) mass is 483 g/mol. The van der Waals surface area contributed by atoms with Crippen LogP contribution in [0.25, 0.3) is 0 Å². The highest BCUT2D eigenvalue weighted by atomic mass is 35.5. The van der Waals surface area contributed by atoms with Crippen molar-refractivity contribution in [3.05, 3.63) is 68.8 Å². The first-order valence-corrected chi connectivity index (χ1v) is 11.4. The summed E-state index contributed by atoms with van der Waals surface area (Å²) in [6.45, 7) is 8.34. The molecule has 0 fully saturated rings. The van der Waals surface area contributed by atoms with E-state index in [1.54, 1.807) is 18.2 Å². The zero-order valence-corrected chi connectivity index (χ0v) is 20.0. The van der Waals surface area contributed by atoms with Crippen LogP contribution in [0.1, 0.15) is 40.9 Å². The van der Waals surface area contributed by atoms with Gasteiger partial charge in [-0.1, -0.05) is 43.1 Å². The number of rotatable bonds is 3. The van der Waals surface area contributed by atoms with Crippen molar-refractivity contribution < 1.29 is 9.53 Å². The minimum atomic E-state index is -0.323. The van der Waals surface area contributed by atoms with Crippen LogP contribution in [0.3, 0.4) is 0 Å². The summed E-state index contributed by atoms with van der Waals surface area (Å²) in [6, 6.07) is 9.28. The van der Waals surface area contributed by atoms with E-state index in [9.17, 15) is 4.79 Å². The third kappa shape index (κ3) is 3.90. The molecule has 0 atom stereocenters. The van der Waals surface area contributed by atoms with Gasteiger partial charge in [0, 0.05) is 30.4 Å². The van der Waals surface area contributed by atoms with Crippen LogP contribution in [-0.4, -0.2) is 29.2 Å². The Hall–Kier alpha value is -2.87. The number of carbonyl (C=O) groups excluding carboxylic acids is 1. The fraction of sp³-hybridized carbons (Fsp3) is 0.292. The summed E-state index contributed by atoms with van der Waals surface area (Å²) >= 11 is 12.5. The van der Waals surface area contributed by atoms with Gasteiger partial charge in [0.25, 0.3) is 5.91 Å². The minimum absolute atomic E-state index is 0.0511. The van der Waals surface area contributed by atoms with Gasteiger partial charge in [0.2, 0.25) is 11.8 Å². The quantitative estimate of drug-likeness (QED) is 0.531. The van der Waals surface area contributed by atoms with E-state index in [0.29, 0.717) is 21.7 Å². The summed E-state index contributed by atoms with van der Waals surface area (Å²) in [5, 5.41) is 7.46. The summed E-state index contributed by atoms with van der Waals surface area (Å²) in [7, 11) is 0. The van der Waals surface area contributed by atoms with Gasteiger partial charge in [-0.15, -0.1) is 0 Å².